The number of nitrogens with one attached hydrogen (secondary N) is 1. The number of carbonyl (C=O) groups is 2. The van der Waals surface area contributed by atoms with E-state index in [4.69, 9.17) is 0 Å². The van der Waals surface area contributed by atoms with E-state index in [0.717, 1.165) is 19.2 Å². The number of benzene rings is 1. The second kappa shape index (κ2) is 7.75. The Hall–Kier alpha value is -2.94. The molecule has 1 aromatic heterocycles. The summed E-state index contributed by atoms with van der Waals surface area (Å²) >= 11 is 0. The van der Waals surface area contributed by atoms with Crippen LogP contribution in [0.25, 0.3) is 0 Å². The molecule has 1 aromatic carbocycles. The molecule has 1 saturated heterocycles. The number of anilines is 1. The molecular formula is C18H17F3N4O2. The average Bonchev–Trinajstić information content (AvgIpc) is 2.66. The highest BCUT2D eigenvalue weighted by molar-refractivity contribution is 6.04. The molecule has 0 saturated carbocycles. The lowest BCUT2D eigenvalue weighted by Gasteiger charge is -2.32. The Morgan fingerprint density at radius 3 is 2.41 bits per heavy atom. The molecule has 27 heavy (non-hydrogen) atoms. The number of pyridine rings is 1. The molecule has 0 bridgehead atoms. The number of amides is 2. The highest BCUT2D eigenvalue weighted by atomic mass is 19.2. The summed E-state index contributed by atoms with van der Waals surface area (Å²) in [5, 5.41) is 2.29. The third kappa shape index (κ3) is 4.08. The molecule has 1 N–H and O–H groups in total. The van der Waals surface area contributed by atoms with Crippen LogP contribution in [0.15, 0.2) is 30.3 Å². The number of likely N-dealkylation sites (N-methyl/N-ethyl adjacent to an activating group) is 1. The van der Waals surface area contributed by atoms with Gasteiger partial charge in [0.1, 0.15) is 11.5 Å². The van der Waals surface area contributed by atoms with Crippen LogP contribution in [0, 0.1) is 17.5 Å². The van der Waals surface area contributed by atoms with Crippen LogP contribution in [0.5, 0.6) is 0 Å². The van der Waals surface area contributed by atoms with E-state index in [9.17, 15) is 22.8 Å². The van der Waals surface area contributed by atoms with E-state index < -0.39 is 28.9 Å². The van der Waals surface area contributed by atoms with Crippen molar-refractivity contribution in [2.75, 3.05) is 38.5 Å². The summed E-state index contributed by atoms with van der Waals surface area (Å²) in [6.45, 7) is 2.62. The summed E-state index contributed by atoms with van der Waals surface area (Å²) in [5.41, 5.74) is -0.533. The highest BCUT2D eigenvalue weighted by Crippen LogP contribution is 2.17. The molecule has 3 rings (SSSR count). The zero-order valence-corrected chi connectivity index (χ0v) is 14.5. The Balaban J connectivity index is 1.75. The Kier molecular flexibility index (Phi) is 5.41. The van der Waals surface area contributed by atoms with Crippen molar-refractivity contribution < 1.29 is 22.8 Å². The molecule has 2 heterocycles. The number of hydrogen-bond acceptors (Lipinski definition) is 4. The molecule has 1 aliphatic rings. The Morgan fingerprint density at radius 2 is 1.70 bits per heavy atom. The molecule has 6 nitrogen and oxygen atoms in total. The first-order chi connectivity index (χ1) is 12.9. The normalized spacial score (nSPS) is 14.9. The monoisotopic (exact) mass is 378 g/mol. The summed E-state index contributed by atoms with van der Waals surface area (Å²) in [5.74, 6) is -5.97. The quantitative estimate of drug-likeness (QED) is 0.832. The van der Waals surface area contributed by atoms with E-state index in [1.807, 2.05) is 7.05 Å². The van der Waals surface area contributed by atoms with E-state index in [-0.39, 0.29) is 17.4 Å². The zero-order chi connectivity index (χ0) is 19.6. The first-order valence-corrected chi connectivity index (χ1v) is 8.26. The van der Waals surface area contributed by atoms with Crippen LogP contribution in [0.2, 0.25) is 0 Å². The summed E-state index contributed by atoms with van der Waals surface area (Å²) in [4.78, 5) is 32.5. The van der Waals surface area contributed by atoms with E-state index in [2.05, 4.69) is 15.2 Å². The van der Waals surface area contributed by atoms with E-state index in [1.54, 1.807) is 4.90 Å². The molecule has 2 amide bonds. The summed E-state index contributed by atoms with van der Waals surface area (Å²) in [6.07, 6.45) is 0. The first-order valence-electron chi connectivity index (χ1n) is 8.26. The van der Waals surface area contributed by atoms with Gasteiger partial charge < -0.3 is 15.1 Å². The van der Waals surface area contributed by atoms with Gasteiger partial charge in [-0.25, -0.2) is 18.2 Å². The highest BCUT2D eigenvalue weighted by Gasteiger charge is 2.22. The van der Waals surface area contributed by atoms with Gasteiger partial charge in [-0.05, 0) is 31.3 Å². The number of piperazine rings is 1. The molecule has 2 aromatic rings. The van der Waals surface area contributed by atoms with Crippen LogP contribution in [-0.2, 0) is 0 Å². The van der Waals surface area contributed by atoms with Gasteiger partial charge in [0.2, 0.25) is 0 Å². The number of hydrogen-bond donors (Lipinski definition) is 1. The maximum atomic E-state index is 13.7. The van der Waals surface area contributed by atoms with Gasteiger partial charge in [-0.3, -0.25) is 9.59 Å². The van der Waals surface area contributed by atoms with Crippen LogP contribution >= 0.6 is 0 Å². The van der Waals surface area contributed by atoms with Gasteiger partial charge in [-0.15, -0.1) is 0 Å². The second-order valence-corrected chi connectivity index (χ2v) is 6.18. The fraction of sp³-hybridized carbons (Fsp3) is 0.278. The maximum absolute atomic E-state index is 13.7. The van der Waals surface area contributed by atoms with E-state index >= 15 is 0 Å². The van der Waals surface area contributed by atoms with Crippen molar-refractivity contribution in [3.63, 3.8) is 0 Å². The molecule has 0 aliphatic carbocycles. The van der Waals surface area contributed by atoms with Crippen molar-refractivity contribution in [1.29, 1.82) is 0 Å². The summed E-state index contributed by atoms with van der Waals surface area (Å²) < 4.78 is 40.0. The van der Waals surface area contributed by atoms with Gasteiger partial charge in [0.25, 0.3) is 11.8 Å². The Labute approximate surface area is 153 Å². The molecule has 9 heteroatoms. The Bertz CT molecular complexity index is 883. The minimum atomic E-state index is -1.73. The van der Waals surface area contributed by atoms with Crippen molar-refractivity contribution in [3.8, 4) is 0 Å². The summed E-state index contributed by atoms with van der Waals surface area (Å²) in [6, 6.07) is 5.94. The van der Waals surface area contributed by atoms with Crippen LogP contribution in [0.1, 0.15) is 20.8 Å². The largest absolute Gasteiger partial charge is 0.335 e. The number of rotatable bonds is 3. The molecular weight excluding hydrogens is 361 g/mol. The minimum Gasteiger partial charge on any atom is -0.335 e. The van der Waals surface area contributed by atoms with Gasteiger partial charge in [-0.2, -0.15) is 0 Å². The van der Waals surface area contributed by atoms with Gasteiger partial charge in [0.05, 0.1) is 5.56 Å². The number of aromatic nitrogens is 1. The van der Waals surface area contributed by atoms with Crippen molar-refractivity contribution in [2.45, 2.75) is 0 Å². The number of carbonyl (C=O) groups excluding carboxylic acids is 2. The standard InChI is InChI=1S/C18H17F3N4O2/c1-24-7-9-25(10-8-24)18(27)13-3-2-4-14(22-13)23-17(26)11-5-6-12(19)16(21)15(11)20/h2-6H,7-10H2,1H3,(H,22,23,26). The van der Waals surface area contributed by atoms with Crippen LogP contribution in [0.3, 0.4) is 0 Å². The Morgan fingerprint density at radius 1 is 1.00 bits per heavy atom. The predicted octanol–water partition coefficient (Wildman–Crippen LogP) is 2.14. The minimum absolute atomic E-state index is 0.00381. The molecule has 1 aliphatic heterocycles. The van der Waals surface area contributed by atoms with Crippen molar-refractivity contribution >= 4 is 17.6 Å². The van der Waals surface area contributed by atoms with E-state index in [1.165, 1.54) is 18.2 Å². The maximum Gasteiger partial charge on any atom is 0.272 e. The third-order valence-corrected chi connectivity index (χ3v) is 4.28. The van der Waals surface area contributed by atoms with Crippen molar-refractivity contribution in [3.05, 3.63) is 59.0 Å². The van der Waals surface area contributed by atoms with Gasteiger partial charge in [0, 0.05) is 26.2 Å². The smallest absolute Gasteiger partial charge is 0.272 e. The van der Waals surface area contributed by atoms with Crippen molar-refractivity contribution in [2.24, 2.45) is 0 Å². The second-order valence-electron chi connectivity index (χ2n) is 6.18. The van der Waals surface area contributed by atoms with E-state index in [0.29, 0.717) is 19.2 Å². The van der Waals surface area contributed by atoms with Gasteiger partial charge in [0.15, 0.2) is 17.5 Å². The number of halogens is 3. The molecule has 0 atom stereocenters. The lowest BCUT2D eigenvalue weighted by atomic mass is 10.2. The fourth-order valence-electron chi connectivity index (χ4n) is 2.68. The van der Waals surface area contributed by atoms with Crippen LogP contribution in [-0.4, -0.2) is 59.8 Å². The topological polar surface area (TPSA) is 65.5 Å². The van der Waals surface area contributed by atoms with Gasteiger partial charge >= 0.3 is 0 Å². The first kappa shape index (κ1) is 18.8. The third-order valence-electron chi connectivity index (χ3n) is 4.28. The lowest BCUT2D eigenvalue weighted by molar-refractivity contribution is 0.0658. The SMILES string of the molecule is CN1CCN(C(=O)c2cccc(NC(=O)c3ccc(F)c(F)c3F)n2)CC1. The predicted molar refractivity (Wildman–Crippen MR) is 91.9 cm³/mol. The summed E-state index contributed by atoms with van der Waals surface area (Å²) in [7, 11) is 1.97. The zero-order valence-electron chi connectivity index (χ0n) is 14.5. The van der Waals surface area contributed by atoms with Crippen molar-refractivity contribution in [1.82, 2.24) is 14.8 Å². The molecule has 142 valence electrons. The lowest BCUT2D eigenvalue weighted by Crippen LogP contribution is -2.47. The van der Waals surface area contributed by atoms with Crippen LogP contribution < -0.4 is 5.32 Å². The van der Waals surface area contributed by atoms with Gasteiger partial charge in [-0.1, -0.05) is 6.07 Å². The molecule has 0 radical (unpaired) electrons. The number of nitrogens with zero attached hydrogens (tertiary/aromatic N) is 3. The average molecular weight is 378 g/mol. The van der Waals surface area contributed by atoms with Crippen LogP contribution in [0.4, 0.5) is 19.0 Å². The molecule has 0 unspecified atom stereocenters. The molecule has 1 fully saturated rings. The fourth-order valence-corrected chi connectivity index (χ4v) is 2.68. The molecule has 0 spiro atoms.